The maximum Gasteiger partial charge on any atom is 0.416 e. The summed E-state index contributed by atoms with van der Waals surface area (Å²) in [5.74, 6) is 5.60. The van der Waals surface area contributed by atoms with Gasteiger partial charge in [-0.1, -0.05) is 46.7 Å². The molecular weight excluding hydrogens is 475 g/mol. The molecule has 10 heteroatoms. The molecule has 0 aliphatic carbocycles. The molecule has 2 aromatic carbocycles. The fourth-order valence-corrected chi connectivity index (χ4v) is 4.40. The van der Waals surface area contributed by atoms with E-state index in [1.165, 1.54) is 23.5 Å². The van der Waals surface area contributed by atoms with Crippen molar-refractivity contribution in [2.45, 2.75) is 18.6 Å². The van der Waals surface area contributed by atoms with Crippen LogP contribution in [0.2, 0.25) is 0 Å². The Hall–Kier alpha value is -3.81. The Labute approximate surface area is 203 Å². The number of anilines is 1. The number of alkyl halides is 3. The van der Waals surface area contributed by atoms with Crippen molar-refractivity contribution in [1.29, 1.82) is 0 Å². The van der Waals surface area contributed by atoms with Gasteiger partial charge in [-0.3, -0.25) is 4.98 Å². The molecule has 6 nitrogen and oxygen atoms in total. The highest BCUT2D eigenvalue weighted by atomic mass is 32.1. The van der Waals surface area contributed by atoms with E-state index in [-0.39, 0.29) is 12.6 Å². The van der Waals surface area contributed by atoms with Crippen LogP contribution in [0.5, 0.6) is 0 Å². The van der Waals surface area contributed by atoms with Crippen molar-refractivity contribution in [1.82, 2.24) is 9.97 Å². The van der Waals surface area contributed by atoms with Crippen LogP contribution in [0.1, 0.15) is 16.8 Å². The molecule has 0 bridgehead atoms. The average molecular weight is 496 g/mol. The first-order valence-electron chi connectivity index (χ1n) is 10.6. The molecule has 0 saturated heterocycles. The van der Waals surface area contributed by atoms with E-state index < -0.39 is 11.7 Å². The molecule has 4 aromatic rings. The Balaban J connectivity index is 1.49. The molecule has 4 rings (SSSR count). The molecule has 0 aliphatic heterocycles. The Morgan fingerprint density at radius 1 is 1.11 bits per heavy atom. The molecule has 2 heterocycles. The van der Waals surface area contributed by atoms with Crippen LogP contribution in [0.3, 0.4) is 0 Å². The van der Waals surface area contributed by atoms with E-state index in [4.69, 9.17) is 5.73 Å². The van der Waals surface area contributed by atoms with Gasteiger partial charge in [-0.2, -0.15) is 13.2 Å². The van der Waals surface area contributed by atoms with Gasteiger partial charge in [-0.25, -0.2) is 4.98 Å². The van der Waals surface area contributed by atoms with Crippen molar-refractivity contribution < 1.29 is 13.2 Å². The number of benzene rings is 2. The van der Waals surface area contributed by atoms with Crippen molar-refractivity contribution in [2.24, 2.45) is 10.9 Å². The number of hydrogen-bond donors (Lipinski definition) is 2. The third-order valence-corrected chi connectivity index (χ3v) is 6.24. The largest absolute Gasteiger partial charge is 0.416 e. The number of nitrogens with zero attached hydrogens (tertiary/aromatic N) is 3. The van der Waals surface area contributed by atoms with E-state index in [0.29, 0.717) is 29.4 Å². The summed E-state index contributed by atoms with van der Waals surface area (Å²) in [5, 5.41) is 8.59. The molecule has 0 radical (unpaired) electrons. The van der Waals surface area contributed by atoms with Crippen LogP contribution >= 0.6 is 11.3 Å². The minimum Gasteiger partial charge on any atom is -0.360 e. The van der Waals surface area contributed by atoms with Gasteiger partial charge in [0, 0.05) is 30.4 Å². The number of halogens is 3. The minimum atomic E-state index is -4.37. The van der Waals surface area contributed by atoms with Crippen LogP contribution in [0.4, 0.5) is 18.3 Å². The Bertz CT molecular complexity index is 1390. The molecule has 0 amide bonds. The second-order valence-corrected chi connectivity index (χ2v) is 8.76. The van der Waals surface area contributed by atoms with E-state index in [0.717, 1.165) is 33.3 Å². The quantitative estimate of drug-likeness (QED) is 0.262. The zero-order valence-corrected chi connectivity index (χ0v) is 19.2. The van der Waals surface area contributed by atoms with Gasteiger partial charge in [0.1, 0.15) is 12.2 Å². The smallest absolute Gasteiger partial charge is 0.360 e. The van der Waals surface area contributed by atoms with E-state index in [9.17, 15) is 18.1 Å². The summed E-state index contributed by atoms with van der Waals surface area (Å²) in [4.78, 5) is 20.0. The zero-order valence-electron chi connectivity index (χ0n) is 18.3. The molecule has 35 heavy (non-hydrogen) atoms. The standard InChI is InChI=1S/C25H20F3N5OS/c26-25(27,28)20-7-3-16(4-8-20)12-21(29)15-31-24-33-22(2-1-10-32-34)23(35-24)18-5-6-19-14-30-11-9-17(19)13-18/h3-9,11,13-14,21H,10,12,15,29H2,(H,31,33)/t21-/m0/s1. The Morgan fingerprint density at radius 3 is 2.66 bits per heavy atom. The summed E-state index contributed by atoms with van der Waals surface area (Å²) in [6.07, 6.45) is -0.456. The van der Waals surface area contributed by atoms with Crippen molar-refractivity contribution in [3.05, 3.63) is 82.7 Å². The summed E-state index contributed by atoms with van der Waals surface area (Å²) < 4.78 is 38.2. The van der Waals surface area contributed by atoms with E-state index in [1.54, 1.807) is 12.4 Å². The molecule has 2 aromatic heterocycles. The van der Waals surface area contributed by atoms with Gasteiger partial charge in [-0.15, -0.1) is 4.91 Å². The predicted octanol–water partition coefficient (Wildman–Crippen LogP) is 5.48. The zero-order chi connectivity index (χ0) is 24.8. The van der Waals surface area contributed by atoms with Gasteiger partial charge < -0.3 is 11.1 Å². The number of nitroso groups, excluding NO2 is 1. The summed E-state index contributed by atoms with van der Waals surface area (Å²) in [7, 11) is 0. The van der Waals surface area contributed by atoms with E-state index in [2.05, 4.69) is 32.3 Å². The first kappa shape index (κ1) is 24.3. The monoisotopic (exact) mass is 495 g/mol. The number of nitrogens with two attached hydrogens (primary N) is 1. The van der Waals surface area contributed by atoms with E-state index in [1.807, 2.05) is 24.3 Å². The minimum absolute atomic E-state index is 0.138. The van der Waals surface area contributed by atoms with Crippen molar-refractivity contribution in [2.75, 3.05) is 18.4 Å². The van der Waals surface area contributed by atoms with Gasteiger partial charge in [0.05, 0.1) is 10.4 Å². The Kier molecular flexibility index (Phi) is 7.39. The number of rotatable bonds is 7. The highest BCUT2D eigenvalue weighted by Crippen LogP contribution is 2.34. The number of thiazole rings is 1. The van der Waals surface area contributed by atoms with Crippen molar-refractivity contribution in [3.8, 4) is 22.3 Å². The lowest BCUT2D eigenvalue weighted by atomic mass is 10.0. The number of nitrogens with one attached hydrogen (secondary N) is 1. The second kappa shape index (κ2) is 10.6. The third-order valence-electron chi connectivity index (χ3n) is 5.17. The molecule has 1 atom stereocenters. The molecule has 0 unspecified atom stereocenters. The maximum atomic E-state index is 12.7. The molecule has 3 N–H and O–H groups in total. The predicted molar refractivity (Wildman–Crippen MR) is 132 cm³/mol. The number of fused-ring (bicyclic) bond motifs is 1. The van der Waals surface area contributed by atoms with Gasteiger partial charge in [-0.05, 0) is 53.1 Å². The van der Waals surface area contributed by atoms with Crippen LogP contribution in [0, 0.1) is 16.7 Å². The molecule has 178 valence electrons. The highest BCUT2D eigenvalue weighted by molar-refractivity contribution is 7.19. The van der Waals surface area contributed by atoms with Crippen LogP contribution in [0.15, 0.2) is 66.1 Å². The van der Waals surface area contributed by atoms with Crippen molar-refractivity contribution in [3.63, 3.8) is 0 Å². The summed E-state index contributed by atoms with van der Waals surface area (Å²) in [6, 6.07) is 12.5. The number of hydrogen-bond acceptors (Lipinski definition) is 7. The molecule has 0 saturated carbocycles. The van der Waals surface area contributed by atoms with Crippen LogP contribution in [-0.4, -0.2) is 29.1 Å². The normalized spacial score (nSPS) is 12.1. The fraction of sp³-hybridized carbons (Fsp3) is 0.200. The Morgan fingerprint density at radius 2 is 1.91 bits per heavy atom. The summed E-state index contributed by atoms with van der Waals surface area (Å²) in [6.45, 7) is 0.223. The fourth-order valence-electron chi connectivity index (χ4n) is 3.48. The topological polar surface area (TPSA) is 93.3 Å². The van der Waals surface area contributed by atoms with Crippen LogP contribution < -0.4 is 11.1 Å². The lowest BCUT2D eigenvalue weighted by Gasteiger charge is -2.13. The number of pyridine rings is 1. The number of aromatic nitrogens is 2. The first-order chi connectivity index (χ1) is 16.8. The van der Waals surface area contributed by atoms with Crippen molar-refractivity contribution >= 4 is 27.2 Å². The third kappa shape index (κ3) is 6.20. The van der Waals surface area contributed by atoms with Gasteiger partial charge >= 0.3 is 6.18 Å². The maximum absolute atomic E-state index is 12.7. The average Bonchev–Trinajstić information content (AvgIpc) is 3.25. The van der Waals surface area contributed by atoms with Gasteiger partial charge in [0.25, 0.3) is 0 Å². The van der Waals surface area contributed by atoms with E-state index >= 15 is 0 Å². The molecule has 0 aliphatic rings. The molecular formula is C25H20F3N5OS. The van der Waals surface area contributed by atoms with Gasteiger partial charge in [0.15, 0.2) is 5.13 Å². The van der Waals surface area contributed by atoms with Crippen LogP contribution in [0.25, 0.3) is 21.2 Å². The lowest BCUT2D eigenvalue weighted by Crippen LogP contribution is -2.31. The molecule has 0 fully saturated rings. The summed E-state index contributed by atoms with van der Waals surface area (Å²) >= 11 is 1.40. The SMILES string of the molecule is N[C@H](CNc1nc(C#CCN=O)c(-c2ccc3cnccc3c2)s1)Cc1ccc(C(F)(F)F)cc1. The van der Waals surface area contributed by atoms with Gasteiger partial charge in [0.2, 0.25) is 0 Å². The second-order valence-electron chi connectivity index (χ2n) is 7.76. The summed E-state index contributed by atoms with van der Waals surface area (Å²) in [5.41, 5.74) is 7.67. The first-order valence-corrected chi connectivity index (χ1v) is 11.4. The molecule has 0 spiro atoms. The lowest BCUT2D eigenvalue weighted by molar-refractivity contribution is -0.137. The highest BCUT2D eigenvalue weighted by Gasteiger charge is 2.29. The van der Waals surface area contributed by atoms with Crippen LogP contribution in [-0.2, 0) is 12.6 Å².